The fraction of sp³-hybridized carbons (Fsp3) is 0.143. The van der Waals surface area contributed by atoms with Crippen molar-refractivity contribution in [1.82, 2.24) is 0 Å². The molecule has 0 radical (unpaired) electrons. The second-order valence-electron chi connectivity index (χ2n) is 3.90. The van der Waals surface area contributed by atoms with Gasteiger partial charge in [0.25, 0.3) is 0 Å². The lowest BCUT2D eigenvalue weighted by Gasteiger charge is -2.06. The van der Waals surface area contributed by atoms with Crippen LogP contribution in [0.15, 0.2) is 51.4 Å². The SMILES string of the molecule is Fc1cc(Br)cc(COCc2cccc(Br)c2)c1. The molecule has 0 aromatic heterocycles. The number of ether oxygens (including phenoxy) is 1. The minimum atomic E-state index is -0.259. The highest BCUT2D eigenvalue weighted by Gasteiger charge is 2.00. The third-order valence-corrected chi connectivity index (χ3v) is 3.30. The summed E-state index contributed by atoms with van der Waals surface area (Å²) >= 11 is 6.66. The molecule has 0 amide bonds. The molecule has 0 atom stereocenters. The van der Waals surface area contributed by atoms with Gasteiger partial charge >= 0.3 is 0 Å². The van der Waals surface area contributed by atoms with Gasteiger partial charge in [-0.1, -0.05) is 44.0 Å². The largest absolute Gasteiger partial charge is 0.372 e. The van der Waals surface area contributed by atoms with Crippen LogP contribution in [0.2, 0.25) is 0 Å². The molecule has 0 heterocycles. The molecular weight excluding hydrogens is 363 g/mol. The topological polar surface area (TPSA) is 9.23 Å². The minimum absolute atomic E-state index is 0.259. The van der Waals surface area contributed by atoms with Crippen LogP contribution in [0.5, 0.6) is 0 Å². The van der Waals surface area contributed by atoms with Crippen LogP contribution in [-0.2, 0) is 18.0 Å². The molecule has 0 unspecified atom stereocenters. The van der Waals surface area contributed by atoms with E-state index in [1.165, 1.54) is 12.1 Å². The molecule has 0 aliphatic heterocycles. The third-order valence-electron chi connectivity index (χ3n) is 2.35. The quantitative estimate of drug-likeness (QED) is 0.727. The number of hydrogen-bond donors (Lipinski definition) is 0. The average Bonchev–Trinajstić information content (AvgIpc) is 2.27. The number of benzene rings is 2. The van der Waals surface area contributed by atoms with Crippen LogP contribution in [0, 0.1) is 5.82 Å². The lowest BCUT2D eigenvalue weighted by molar-refractivity contribution is 0.107. The van der Waals surface area contributed by atoms with E-state index >= 15 is 0 Å². The smallest absolute Gasteiger partial charge is 0.124 e. The molecule has 0 aliphatic rings. The molecular formula is C14H11Br2FO. The molecule has 1 nitrogen and oxygen atoms in total. The fourth-order valence-electron chi connectivity index (χ4n) is 1.61. The first-order valence-electron chi connectivity index (χ1n) is 5.40. The first-order valence-corrected chi connectivity index (χ1v) is 6.99. The summed E-state index contributed by atoms with van der Waals surface area (Å²) in [5.74, 6) is -0.259. The van der Waals surface area contributed by atoms with Gasteiger partial charge in [-0.3, -0.25) is 0 Å². The van der Waals surface area contributed by atoms with Gasteiger partial charge in [-0.05, 0) is 41.5 Å². The van der Waals surface area contributed by atoms with Gasteiger partial charge in [0.15, 0.2) is 0 Å². The highest BCUT2D eigenvalue weighted by molar-refractivity contribution is 9.10. The van der Waals surface area contributed by atoms with Crippen molar-refractivity contribution < 1.29 is 9.13 Å². The third kappa shape index (κ3) is 4.19. The maximum Gasteiger partial charge on any atom is 0.124 e. The van der Waals surface area contributed by atoms with E-state index in [1.54, 1.807) is 0 Å². The van der Waals surface area contributed by atoms with Crippen molar-refractivity contribution in [3.63, 3.8) is 0 Å². The van der Waals surface area contributed by atoms with Gasteiger partial charge in [-0.2, -0.15) is 0 Å². The Balaban J connectivity index is 1.92. The van der Waals surface area contributed by atoms with Crippen molar-refractivity contribution in [2.45, 2.75) is 13.2 Å². The number of halogens is 3. The molecule has 2 aromatic rings. The Morgan fingerprint density at radius 1 is 0.889 bits per heavy atom. The van der Waals surface area contributed by atoms with Crippen LogP contribution >= 0.6 is 31.9 Å². The van der Waals surface area contributed by atoms with Crippen LogP contribution < -0.4 is 0 Å². The molecule has 0 spiro atoms. The zero-order chi connectivity index (χ0) is 13.0. The summed E-state index contributed by atoms with van der Waals surface area (Å²) < 4.78 is 20.5. The molecule has 0 fully saturated rings. The lowest BCUT2D eigenvalue weighted by atomic mass is 10.2. The molecule has 2 aromatic carbocycles. The van der Waals surface area contributed by atoms with E-state index in [1.807, 2.05) is 30.3 Å². The molecule has 18 heavy (non-hydrogen) atoms. The van der Waals surface area contributed by atoms with E-state index in [9.17, 15) is 4.39 Å². The van der Waals surface area contributed by atoms with Crippen LogP contribution in [-0.4, -0.2) is 0 Å². The van der Waals surface area contributed by atoms with E-state index in [0.717, 1.165) is 20.1 Å². The van der Waals surface area contributed by atoms with Crippen molar-refractivity contribution in [2.24, 2.45) is 0 Å². The first kappa shape index (κ1) is 13.7. The maximum atomic E-state index is 13.1. The Morgan fingerprint density at radius 3 is 2.33 bits per heavy atom. The summed E-state index contributed by atoms with van der Waals surface area (Å²) in [6.07, 6.45) is 0. The first-order chi connectivity index (χ1) is 8.63. The van der Waals surface area contributed by atoms with Crippen molar-refractivity contribution in [2.75, 3.05) is 0 Å². The number of rotatable bonds is 4. The van der Waals surface area contributed by atoms with E-state index < -0.39 is 0 Å². The summed E-state index contributed by atoms with van der Waals surface area (Å²) in [5, 5.41) is 0. The highest BCUT2D eigenvalue weighted by atomic mass is 79.9. The van der Waals surface area contributed by atoms with Crippen molar-refractivity contribution in [3.8, 4) is 0 Å². The van der Waals surface area contributed by atoms with Crippen LogP contribution in [0.25, 0.3) is 0 Å². The summed E-state index contributed by atoms with van der Waals surface area (Å²) in [5.41, 5.74) is 1.90. The van der Waals surface area contributed by atoms with Crippen molar-refractivity contribution in [1.29, 1.82) is 0 Å². The summed E-state index contributed by atoms with van der Waals surface area (Å²) in [4.78, 5) is 0. The van der Waals surface area contributed by atoms with Gasteiger partial charge in [0.2, 0.25) is 0 Å². The van der Waals surface area contributed by atoms with Crippen molar-refractivity contribution >= 4 is 31.9 Å². The highest BCUT2D eigenvalue weighted by Crippen LogP contribution is 2.17. The van der Waals surface area contributed by atoms with Crippen LogP contribution in [0.4, 0.5) is 4.39 Å². The Morgan fingerprint density at radius 2 is 1.61 bits per heavy atom. The van der Waals surface area contributed by atoms with Gasteiger partial charge in [-0.15, -0.1) is 0 Å². The molecule has 0 saturated heterocycles. The summed E-state index contributed by atoms with van der Waals surface area (Å²) in [6.45, 7) is 0.899. The van der Waals surface area contributed by atoms with Gasteiger partial charge < -0.3 is 4.74 Å². The Bertz CT molecular complexity index is 523. The van der Waals surface area contributed by atoms with E-state index in [4.69, 9.17) is 4.74 Å². The normalized spacial score (nSPS) is 10.6. The van der Waals surface area contributed by atoms with E-state index in [-0.39, 0.29) is 5.82 Å². The van der Waals surface area contributed by atoms with E-state index in [0.29, 0.717) is 13.2 Å². The Hall–Kier alpha value is -0.710. The van der Waals surface area contributed by atoms with Gasteiger partial charge in [-0.25, -0.2) is 4.39 Å². The van der Waals surface area contributed by atoms with Gasteiger partial charge in [0, 0.05) is 8.95 Å². The molecule has 94 valence electrons. The Kier molecular flexibility index (Phi) is 4.92. The monoisotopic (exact) mass is 372 g/mol. The Labute approximate surface area is 122 Å². The molecule has 4 heteroatoms. The van der Waals surface area contributed by atoms with Crippen LogP contribution in [0.3, 0.4) is 0 Å². The molecule has 0 bridgehead atoms. The molecule has 0 saturated carbocycles. The van der Waals surface area contributed by atoms with Crippen LogP contribution in [0.1, 0.15) is 11.1 Å². The maximum absolute atomic E-state index is 13.1. The minimum Gasteiger partial charge on any atom is -0.372 e. The lowest BCUT2D eigenvalue weighted by Crippen LogP contribution is -1.95. The molecule has 0 aliphatic carbocycles. The predicted molar refractivity (Wildman–Crippen MR) is 76.7 cm³/mol. The molecule has 2 rings (SSSR count). The van der Waals surface area contributed by atoms with Crippen molar-refractivity contribution in [3.05, 3.63) is 68.4 Å². The zero-order valence-electron chi connectivity index (χ0n) is 9.50. The summed E-state index contributed by atoms with van der Waals surface area (Å²) in [6, 6.07) is 12.7. The standard InChI is InChI=1S/C14H11Br2FO/c15-12-3-1-2-10(4-12)8-18-9-11-5-13(16)7-14(17)6-11/h1-7H,8-9H2. The summed E-state index contributed by atoms with van der Waals surface area (Å²) in [7, 11) is 0. The number of hydrogen-bond acceptors (Lipinski definition) is 1. The average molecular weight is 374 g/mol. The zero-order valence-corrected chi connectivity index (χ0v) is 12.7. The second kappa shape index (κ2) is 6.45. The fourth-order valence-corrected chi connectivity index (χ4v) is 2.57. The van der Waals surface area contributed by atoms with Gasteiger partial charge in [0.05, 0.1) is 13.2 Å². The molecule has 0 N–H and O–H groups in total. The van der Waals surface area contributed by atoms with Gasteiger partial charge in [0.1, 0.15) is 5.82 Å². The predicted octanol–water partition coefficient (Wildman–Crippen LogP) is 5.07. The van der Waals surface area contributed by atoms with E-state index in [2.05, 4.69) is 31.9 Å². The second-order valence-corrected chi connectivity index (χ2v) is 5.73.